The number of fused-ring (bicyclic) bond motifs is 3. The Kier molecular flexibility index (Phi) is 3.13. The first-order valence-electron chi connectivity index (χ1n) is 5.57. The summed E-state index contributed by atoms with van der Waals surface area (Å²) in [4.78, 5) is 10.7. The monoisotopic (exact) mass is 310 g/mol. The third-order valence-corrected chi connectivity index (χ3v) is 5.06. The maximum Gasteiger partial charge on any atom is 0.307 e. The average Bonchev–Trinajstić information content (AvgIpc) is 2.71. The Morgan fingerprint density at radius 1 is 1.16 bits per heavy atom. The number of thiophene rings is 1. The molecule has 96 valence electrons. The van der Waals surface area contributed by atoms with Crippen LogP contribution in [-0.4, -0.2) is 11.1 Å². The first kappa shape index (κ1) is 12.7. The van der Waals surface area contributed by atoms with E-state index in [1.54, 1.807) is 6.07 Å². The second-order valence-electron chi connectivity index (χ2n) is 4.24. The number of benzene rings is 2. The molecule has 0 spiro atoms. The summed E-state index contributed by atoms with van der Waals surface area (Å²) in [5.74, 6) is -0.832. The summed E-state index contributed by atoms with van der Waals surface area (Å²) in [5, 5.41) is 12.0. The molecular formula is C14H8Cl2O2S. The molecule has 0 aliphatic rings. The Morgan fingerprint density at radius 3 is 2.63 bits per heavy atom. The molecule has 0 aliphatic carbocycles. The topological polar surface area (TPSA) is 37.3 Å². The van der Waals surface area contributed by atoms with Crippen molar-refractivity contribution in [3.63, 3.8) is 0 Å². The van der Waals surface area contributed by atoms with Gasteiger partial charge in [-0.2, -0.15) is 0 Å². The van der Waals surface area contributed by atoms with E-state index in [0.29, 0.717) is 10.0 Å². The predicted octanol–water partition coefficient (Wildman–Crippen LogP) is 4.99. The molecule has 0 amide bonds. The number of rotatable bonds is 2. The van der Waals surface area contributed by atoms with Gasteiger partial charge in [0.1, 0.15) is 0 Å². The zero-order chi connectivity index (χ0) is 13.6. The number of aliphatic carboxylic acids is 1. The van der Waals surface area contributed by atoms with E-state index in [2.05, 4.69) is 0 Å². The van der Waals surface area contributed by atoms with Crippen LogP contribution in [0.15, 0.2) is 30.3 Å². The second kappa shape index (κ2) is 4.67. The smallest absolute Gasteiger partial charge is 0.307 e. The first-order valence-corrected chi connectivity index (χ1v) is 7.14. The summed E-state index contributed by atoms with van der Waals surface area (Å²) in [5.41, 5.74) is 0.786. The standard InChI is InChI=1S/C14H8Cl2O2S/c15-10-4-3-9-8-2-1-7(6-12(17)18)5-11(8)19-14(9)13(10)16/h1-5H,6H2,(H,17,18). The SMILES string of the molecule is O=C(O)Cc1ccc2c(c1)sc1c(Cl)c(Cl)ccc12. The number of hydrogen-bond acceptors (Lipinski definition) is 2. The highest BCUT2D eigenvalue weighted by Gasteiger charge is 2.11. The quantitative estimate of drug-likeness (QED) is 0.724. The fourth-order valence-electron chi connectivity index (χ4n) is 2.11. The summed E-state index contributed by atoms with van der Waals surface area (Å²) < 4.78 is 1.97. The maximum absolute atomic E-state index is 10.7. The van der Waals surface area contributed by atoms with Crippen molar-refractivity contribution in [2.75, 3.05) is 0 Å². The molecule has 3 aromatic rings. The van der Waals surface area contributed by atoms with Crippen molar-refractivity contribution in [3.8, 4) is 0 Å². The fourth-order valence-corrected chi connectivity index (χ4v) is 3.81. The molecule has 19 heavy (non-hydrogen) atoms. The van der Waals surface area contributed by atoms with Gasteiger partial charge in [0.15, 0.2) is 0 Å². The molecule has 1 heterocycles. The predicted molar refractivity (Wildman–Crippen MR) is 80.7 cm³/mol. The molecule has 3 rings (SSSR count). The van der Waals surface area contributed by atoms with Gasteiger partial charge in [-0.25, -0.2) is 0 Å². The van der Waals surface area contributed by atoms with Gasteiger partial charge in [-0.3, -0.25) is 4.79 Å². The lowest BCUT2D eigenvalue weighted by Crippen LogP contribution is -1.99. The molecule has 0 saturated carbocycles. The van der Waals surface area contributed by atoms with Gasteiger partial charge in [-0.15, -0.1) is 11.3 Å². The minimum atomic E-state index is -0.832. The minimum Gasteiger partial charge on any atom is -0.481 e. The molecule has 1 N–H and O–H groups in total. The van der Waals surface area contributed by atoms with Crippen LogP contribution < -0.4 is 0 Å². The summed E-state index contributed by atoms with van der Waals surface area (Å²) in [6, 6.07) is 9.41. The van der Waals surface area contributed by atoms with Crippen LogP contribution in [0.4, 0.5) is 0 Å². The van der Waals surface area contributed by atoms with Crippen LogP contribution in [-0.2, 0) is 11.2 Å². The molecular weight excluding hydrogens is 303 g/mol. The van der Waals surface area contributed by atoms with Crippen LogP contribution in [0.3, 0.4) is 0 Å². The molecule has 0 unspecified atom stereocenters. The van der Waals surface area contributed by atoms with Crippen LogP contribution in [0.25, 0.3) is 20.2 Å². The zero-order valence-electron chi connectivity index (χ0n) is 9.61. The van der Waals surface area contributed by atoms with Gasteiger partial charge in [0.25, 0.3) is 0 Å². The first-order chi connectivity index (χ1) is 9.06. The van der Waals surface area contributed by atoms with Gasteiger partial charge in [0, 0.05) is 15.5 Å². The molecule has 0 radical (unpaired) electrons. The summed E-state index contributed by atoms with van der Waals surface area (Å²) in [7, 11) is 0. The maximum atomic E-state index is 10.7. The van der Waals surface area contributed by atoms with Crippen LogP contribution in [0, 0.1) is 0 Å². The Bertz CT molecular complexity index is 808. The highest BCUT2D eigenvalue weighted by Crippen LogP contribution is 2.41. The van der Waals surface area contributed by atoms with Crippen molar-refractivity contribution in [1.29, 1.82) is 0 Å². The van der Waals surface area contributed by atoms with Crippen molar-refractivity contribution in [2.24, 2.45) is 0 Å². The van der Waals surface area contributed by atoms with Crippen molar-refractivity contribution < 1.29 is 9.90 Å². The number of hydrogen-bond donors (Lipinski definition) is 1. The number of carboxylic acid groups (broad SMARTS) is 1. The minimum absolute atomic E-state index is 0.0265. The number of halogens is 2. The Labute approximate surface area is 123 Å². The van der Waals surface area contributed by atoms with Crippen LogP contribution in [0.1, 0.15) is 5.56 Å². The van der Waals surface area contributed by atoms with Crippen LogP contribution in [0.2, 0.25) is 10.0 Å². The van der Waals surface area contributed by atoms with E-state index in [4.69, 9.17) is 28.3 Å². The molecule has 0 bridgehead atoms. The molecule has 2 aromatic carbocycles. The van der Waals surface area contributed by atoms with Gasteiger partial charge in [0.05, 0.1) is 21.2 Å². The number of carboxylic acids is 1. The lowest BCUT2D eigenvalue weighted by atomic mass is 10.1. The average molecular weight is 311 g/mol. The van der Waals surface area contributed by atoms with E-state index < -0.39 is 5.97 Å². The highest BCUT2D eigenvalue weighted by atomic mass is 35.5. The third-order valence-electron chi connectivity index (χ3n) is 2.95. The van der Waals surface area contributed by atoms with E-state index >= 15 is 0 Å². The lowest BCUT2D eigenvalue weighted by Gasteiger charge is -1.98. The van der Waals surface area contributed by atoms with Gasteiger partial charge in [-0.05, 0) is 17.7 Å². The van der Waals surface area contributed by atoms with Crippen LogP contribution >= 0.6 is 34.5 Å². The number of carbonyl (C=O) groups is 1. The van der Waals surface area contributed by atoms with Crippen molar-refractivity contribution in [2.45, 2.75) is 6.42 Å². The largest absolute Gasteiger partial charge is 0.481 e. The molecule has 5 heteroatoms. The van der Waals surface area contributed by atoms with E-state index in [9.17, 15) is 4.79 Å². The fraction of sp³-hybridized carbons (Fsp3) is 0.0714. The van der Waals surface area contributed by atoms with Crippen molar-refractivity contribution in [1.82, 2.24) is 0 Å². The normalized spacial score (nSPS) is 11.3. The van der Waals surface area contributed by atoms with Gasteiger partial charge >= 0.3 is 5.97 Å². The molecule has 1 aromatic heterocycles. The highest BCUT2D eigenvalue weighted by molar-refractivity contribution is 7.26. The molecule has 0 saturated heterocycles. The van der Waals surface area contributed by atoms with Crippen molar-refractivity contribution in [3.05, 3.63) is 45.9 Å². The van der Waals surface area contributed by atoms with E-state index in [1.165, 1.54) is 11.3 Å². The summed E-state index contributed by atoms with van der Waals surface area (Å²) in [6.45, 7) is 0. The Hall–Kier alpha value is -1.29. The third kappa shape index (κ3) is 2.18. The summed E-state index contributed by atoms with van der Waals surface area (Å²) in [6.07, 6.45) is 0.0265. The molecule has 2 nitrogen and oxygen atoms in total. The van der Waals surface area contributed by atoms with E-state index in [1.807, 2.05) is 24.3 Å². The summed E-state index contributed by atoms with van der Waals surface area (Å²) >= 11 is 13.8. The van der Waals surface area contributed by atoms with Gasteiger partial charge < -0.3 is 5.11 Å². The molecule has 0 aliphatic heterocycles. The molecule has 0 atom stereocenters. The van der Waals surface area contributed by atoms with Gasteiger partial charge in [0.2, 0.25) is 0 Å². The van der Waals surface area contributed by atoms with Crippen molar-refractivity contribution >= 4 is 60.7 Å². The van der Waals surface area contributed by atoms with Gasteiger partial charge in [-0.1, -0.05) is 41.4 Å². The second-order valence-corrected chi connectivity index (χ2v) is 6.08. The lowest BCUT2D eigenvalue weighted by molar-refractivity contribution is -0.136. The van der Waals surface area contributed by atoms with E-state index in [0.717, 1.165) is 25.7 Å². The Morgan fingerprint density at radius 2 is 1.89 bits per heavy atom. The zero-order valence-corrected chi connectivity index (χ0v) is 11.9. The van der Waals surface area contributed by atoms with Crippen LogP contribution in [0.5, 0.6) is 0 Å². The van der Waals surface area contributed by atoms with E-state index in [-0.39, 0.29) is 6.42 Å². The molecule has 0 fully saturated rings. The Balaban J connectivity index is 2.27.